The average Bonchev–Trinajstić information content (AvgIpc) is 2.71. The minimum absolute atomic E-state index is 0.228. The van der Waals surface area contributed by atoms with E-state index in [0.29, 0.717) is 6.04 Å². The Morgan fingerprint density at radius 2 is 2.13 bits per heavy atom. The van der Waals surface area contributed by atoms with E-state index in [4.69, 9.17) is 16.6 Å². The maximum Gasteiger partial charge on any atom is 0.114 e. The number of aliphatic imine (C=N–C) groups is 1. The second-order valence-electron chi connectivity index (χ2n) is 6.40. The van der Waals surface area contributed by atoms with E-state index in [0.717, 1.165) is 41.9 Å². The lowest BCUT2D eigenvalue weighted by Crippen LogP contribution is -2.54. The van der Waals surface area contributed by atoms with E-state index in [1.807, 2.05) is 18.2 Å². The summed E-state index contributed by atoms with van der Waals surface area (Å²) < 4.78 is 0. The number of amidine groups is 1. The third-order valence-corrected chi connectivity index (χ3v) is 4.88. The van der Waals surface area contributed by atoms with Crippen LogP contribution < -0.4 is 10.6 Å². The smallest absolute Gasteiger partial charge is 0.114 e. The first kappa shape index (κ1) is 14.8. The van der Waals surface area contributed by atoms with Crippen molar-refractivity contribution in [3.05, 3.63) is 47.5 Å². The number of fused-ring (bicyclic) bond motifs is 2. The molecule has 23 heavy (non-hydrogen) atoms. The van der Waals surface area contributed by atoms with Crippen LogP contribution in [0.1, 0.15) is 6.92 Å². The number of piperazine rings is 1. The van der Waals surface area contributed by atoms with Crippen molar-refractivity contribution in [1.82, 2.24) is 10.2 Å². The largest absolute Gasteiger partial charge is 0.376 e. The van der Waals surface area contributed by atoms with Gasteiger partial charge in [-0.2, -0.15) is 0 Å². The molecule has 0 radical (unpaired) electrons. The maximum absolute atomic E-state index is 6.19. The average molecular weight is 329 g/mol. The molecule has 1 aliphatic carbocycles. The van der Waals surface area contributed by atoms with Gasteiger partial charge in [0, 0.05) is 30.7 Å². The molecule has 1 aromatic carbocycles. The Morgan fingerprint density at radius 3 is 3.00 bits per heavy atom. The highest BCUT2D eigenvalue weighted by Crippen LogP contribution is 2.35. The van der Waals surface area contributed by atoms with Gasteiger partial charge in [-0.1, -0.05) is 35.9 Å². The number of hydrogen-bond acceptors (Lipinski definition) is 4. The summed E-state index contributed by atoms with van der Waals surface area (Å²) >= 11 is 6.19. The standard InChI is InChI=1S/C18H21ClN4/c1-12-11-23(9-8-20-12)18-14-4-2-3-5-15(14)21-16-7-6-13(19)10-17(16)22-18/h2-7,10,12,14-15,20-21H,8-9,11H2,1H3. The third-order valence-electron chi connectivity index (χ3n) is 4.64. The lowest BCUT2D eigenvalue weighted by Gasteiger charge is -2.37. The molecular weight excluding hydrogens is 308 g/mol. The first-order chi connectivity index (χ1) is 11.2. The van der Waals surface area contributed by atoms with Gasteiger partial charge in [0.25, 0.3) is 0 Å². The lowest BCUT2D eigenvalue weighted by molar-refractivity contribution is 0.294. The first-order valence-electron chi connectivity index (χ1n) is 8.19. The summed E-state index contributed by atoms with van der Waals surface area (Å²) in [6.45, 7) is 5.18. The normalized spacial score (nSPS) is 29.2. The Balaban J connectivity index is 1.78. The molecule has 0 amide bonds. The van der Waals surface area contributed by atoms with Crippen molar-refractivity contribution in [1.29, 1.82) is 0 Å². The number of anilines is 1. The number of hydrogen-bond donors (Lipinski definition) is 2. The van der Waals surface area contributed by atoms with Gasteiger partial charge in [-0.15, -0.1) is 0 Å². The molecule has 0 bridgehead atoms. The van der Waals surface area contributed by atoms with Crippen molar-refractivity contribution < 1.29 is 0 Å². The van der Waals surface area contributed by atoms with Crippen molar-refractivity contribution in [2.24, 2.45) is 10.9 Å². The molecule has 2 heterocycles. The number of halogens is 1. The van der Waals surface area contributed by atoms with Crippen LogP contribution in [0.25, 0.3) is 0 Å². The van der Waals surface area contributed by atoms with Gasteiger partial charge in [-0.25, -0.2) is 4.99 Å². The Labute approximate surface area is 141 Å². The molecule has 1 fully saturated rings. The van der Waals surface area contributed by atoms with Crippen LogP contribution in [-0.4, -0.2) is 42.5 Å². The number of allylic oxidation sites excluding steroid dienone is 2. The number of rotatable bonds is 0. The molecule has 0 aromatic heterocycles. The highest BCUT2D eigenvalue weighted by atomic mass is 35.5. The van der Waals surface area contributed by atoms with Gasteiger partial charge in [0.1, 0.15) is 5.84 Å². The fourth-order valence-corrected chi connectivity index (χ4v) is 3.68. The number of nitrogens with zero attached hydrogens (tertiary/aromatic N) is 2. The van der Waals surface area contributed by atoms with Crippen LogP contribution in [0.3, 0.4) is 0 Å². The van der Waals surface area contributed by atoms with Crippen LogP contribution in [0.15, 0.2) is 47.5 Å². The van der Waals surface area contributed by atoms with E-state index in [2.05, 4.69) is 46.8 Å². The molecule has 4 nitrogen and oxygen atoms in total. The van der Waals surface area contributed by atoms with E-state index in [1.165, 1.54) is 0 Å². The Hall–Kier alpha value is -1.78. The molecule has 1 aromatic rings. The predicted molar refractivity (Wildman–Crippen MR) is 96.8 cm³/mol. The van der Waals surface area contributed by atoms with E-state index in [1.54, 1.807) is 0 Å². The third kappa shape index (κ3) is 2.89. The highest BCUT2D eigenvalue weighted by molar-refractivity contribution is 6.31. The first-order valence-corrected chi connectivity index (χ1v) is 8.56. The molecule has 3 unspecified atom stereocenters. The van der Waals surface area contributed by atoms with Crippen LogP contribution in [0.4, 0.5) is 11.4 Å². The van der Waals surface area contributed by atoms with Gasteiger partial charge in [0.15, 0.2) is 0 Å². The molecule has 0 saturated carbocycles. The summed E-state index contributed by atoms with van der Waals surface area (Å²) in [5.74, 6) is 1.38. The Morgan fingerprint density at radius 1 is 1.26 bits per heavy atom. The Kier molecular flexibility index (Phi) is 3.87. The second kappa shape index (κ2) is 6.02. The lowest BCUT2D eigenvalue weighted by atomic mass is 9.92. The zero-order chi connectivity index (χ0) is 15.8. The SMILES string of the molecule is CC1CN(C2=Nc3cc(Cl)ccc3NC3C=CC=CC23)CCN1. The summed E-state index contributed by atoms with van der Waals surface area (Å²) in [6, 6.07) is 6.58. The van der Waals surface area contributed by atoms with E-state index in [9.17, 15) is 0 Å². The molecule has 4 rings (SSSR count). The van der Waals surface area contributed by atoms with Gasteiger partial charge >= 0.3 is 0 Å². The number of benzene rings is 1. The zero-order valence-electron chi connectivity index (χ0n) is 13.2. The minimum Gasteiger partial charge on any atom is -0.376 e. The van der Waals surface area contributed by atoms with Crippen molar-refractivity contribution >= 4 is 28.8 Å². The summed E-state index contributed by atoms with van der Waals surface area (Å²) in [4.78, 5) is 7.44. The van der Waals surface area contributed by atoms with Crippen molar-refractivity contribution in [3.8, 4) is 0 Å². The van der Waals surface area contributed by atoms with Crippen molar-refractivity contribution in [2.45, 2.75) is 19.0 Å². The highest BCUT2D eigenvalue weighted by Gasteiger charge is 2.32. The van der Waals surface area contributed by atoms with E-state index < -0.39 is 0 Å². The van der Waals surface area contributed by atoms with Gasteiger partial charge in [0.2, 0.25) is 0 Å². The predicted octanol–water partition coefficient (Wildman–Crippen LogP) is 3.20. The van der Waals surface area contributed by atoms with Crippen LogP contribution in [0, 0.1) is 5.92 Å². The molecule has 120 valence electrons. The fourth-order valence-electron chi connectivity index (χ4n) is 3.51. The Bertz CT molecular complexity index is 694. The van der Waals surface area contributed by atoms with Gasteiger partial charge in [-0.05, 0) is 25.1 Å². The molecule has 2 aliphatic heterocycles. The summed E-state index contributed by atoms with van der Waals surface area (Å²) in [5, 5.41) is 7.84. The topological polar surface area (TPSA) is 39.7 Å². The van der Waals surface area contributed by atoms with Crippen LogP contribution in [-0.2, 0) is 0 Å². The van der Waals surface area contributed by atoms with Crippen LogP contribution in [0.2, 0.25) is 5.02 Å². The molecule has 5 heteroatoms. The quantitative estimate of drug-likeness (QED) is 0.768. The van der Waals surface area contributed by atoms with Gasteiger partial charge in [-0.3, -0.25) is 0 Å². The monoisotopic (exact) mass is 328 g/mol. The summed E-state index contributed by atoms with van der Waals surface area (Å²) in [7, 11) is 0. The summed E-state index contributed by atoms with van der Waals surface area (Å²) in [6.07, 6.45) is 8.69. The van der Waals surface area contributed by atoms with E-state index in [-0.39, 0.29) is 12.0 Å². The van der Waals surface area contributed by atoms with E-state index >= 15 is 0 Å². The van der Waals surface area contributed by atoms with Gasteiger partial charge < -0.3 is 15.5 Å². The van der Waals surface area contributed by atoms with Crippen LogP contribution in [0.5, 0.6) is 0 Å². The minimum atomic E-state index is 0.228. The molecule has 1 saturated heterocycles. The molecule has 2 N–H and O–H groups in total. The molecule has 3 aliphatic rings. The number of nitrogens with one attached hydrogen (secondary N) is 2. The maximum atomic E-state index is 6.19. The second-order valence-corrected chi connectivity index (χ2v) is 6.83. The molecular formula is C18H21ClN4. The molecule has 3 atom stereocenters. The van der Waals surface area contributed by atoms with Gasteiger partial charge in [0.05, 0.1) is 23.3 Å². The zero-order valence-corrected chi connectivity index (χ0v) is 13.9. The fraction of sp³-hybridized carbons (Fsp3) is 0.389. The molecule has 0 spiro atoms. The van der Waals surface area contributed by atoms with Crippen LogP contribution >= 0.6 is 11.6 Å². The summed E-state index contributed by atoms with van der Waals surface area (Å²) in [5.41, 5.74) is 1.97. The van der Waals surface area contributed by atoms with Crippen molar-refractivity contribution in [3.63, 3.8) is 0 Å². The van der Waals surface area contributed by atoms with Crippen molar-refractivity contribution in [2.75, 3.05) is 25.0 Å².